The van der Waals surface area contributed by atoms with Crippen molar-refractivity contribution in [2.75, 3.05) is 60.0 Å². The summed E-state index contributed by atoms with van der Waals surface area (Å²) >= 11 is 0. The second-order valence-electron chi connectivity index (χ2n) is 27.8. The molecule has 0 aliphatic carbocycles. The van der Waals surface area contributed by atoms with Gasteiger partial charge in [-0.2, -0.15) is 224 Å². The van der Waals surface area contributed by atoms with Crippen LogP contribution in [0.25, 0.3) is 0 Å². The number of hydrogen-bond acceptors (Lipinski definition) is 11. The Morgan fingerprint density at radius 2 is 0.562 bits per heavy atom. The zero-order valence-corrected chi connectivity index (χ0v) is 62.3. The van der Waals surface area contributed by atoms with Crippen LogP contribution < -0.4 is 9.47 Å². The van der Waals surface area contributed by atoms with Crippen LogP contribution in [0.15, 0.2) is 78.9 Å². The van der Waals surface area contributed by atoms with Crippen molar-refractivity contribution < 1.29 is 277 Å². The highest BCUT2D eigenvalue weighted by molar-refractivity contribution is 5.32. The average Bonchev–Trinajstić information content (AvgIpc) is 0.702. The summed E-state index contributed by atoms with van der Waals surface area (Å²) in [5.41, 5.74) is -3.37. The number of halogens is 51. The van der Waals surface area contributed by atoms with Crippen molar-refractivity contribution in [1.82, 2.24) is 0 Å². The van der Waals surface area contributed by atoms with E-state index >= 15 is 26.3 Å². The van der Waals surface area contributed by atoms with Gasteiger partial charge in [0.15, 0.2) is 0 Å². The molecule has 11 nitrogen and oxygen atoms in total. The van der Waals surface area contributed by atoms with Crippen LogP contribution >= 0.6 is 0 Å². The Morgan fingerprint density at radius 3 is 0.867 bits per heavy atom. The zero-order valence-electron chi connectivity index (χ0n) is 62.3. The molecule has 0 unspecified atom stereocenters. The topological polar surface area (TPSA) is 124 Å². The minimum absolute atomic E-state index is 0.00909. The van der Waals surface area contributed by atoms with Crippen LogP contribution in [0.2, 0.25) is 0 Å². The van der Waals surface area contributed by atoms with Gasteiger partial charge in [-0.25, -0.2) is 0 Å². The number of hydrogen-bond donors (Lipinski definition) is 2. The maximum atomic E-state index is 15.1. The Hall–Kier alpha value is -6.67. The van der Waals surface area contributed by atoms with Gasteiger partial charge in [0.05, 0.1) is 65.4 Å². The van der Waals surface area contributed by atoms with E-state index < -0.39 is 284 Å². The third-order valence-electron chi connectivity index (χ3n) is 18.4. The molecule has 2 N–H and O–H groups in total. The predicted molar refractivity (Wildman–Crippen MR) is 320 cm³/mol. The van der Waals surface area contributed by atoms with E-state index in [0.717, 1.165) is 24.3 Å². The Balaban J connectivity index is 1.87. The molecule has 0 radical (unpaired) electrons. The van der Waals surface area contributed by atoms with Crippen LogP contribution in [-0.2, 0) is 53.0 Å². The summed E-state index contributed by atoms with van der Waals surface area (Å²) < 4.78 is 766. The number of aliphatic hydroxyl groups is 2. The molecule has 1 heterocycles. The molecule has 1 aliphatic heterocycles. The largest absolute Gasteiger partial charge is 0.497 e. The maximum Gasteiger partial charge on any atom is 0.460 e. The third kappa shape index (κ3) is 20.5. The first kappa shape index (κ1) is 114. The fraction of sp³-hybridized carbons (Fsp3) is 0.727. The molecular weight excluding hydrogens is 1940 g/mol. The summed E-state index contributed by atoms with van der Waals surface area (Å²) in [5, 5.41) is 21.7. The molecule has 0 spiro atoms. The van der Waals surface area contributed by atoms with E-state index in [1.807, 2.05) is 0 Å². The standard InChI is InChI=1S/C66H57F51O11/c1-120-35-13-15-36(16-14-35)127-41-40(126-26-32-9-3-2-4-10-32)39(38(119)37(24-118)128-41)125-27-34-12-5-11-33(23-34)25-124-31-42(28-121-20-6-17-43(67,68)46(73,74)49(79,80)52(85,86)55(91,92)58(97,98)61(103,104)64(109,110)111,29-122-21-7-18-44(69,70)47(75,76)50(81,82)53(87,88)56(93,94)59(99,100)62(105,106)65(112,113)114)30-123-22-8-19-45(71,72)48(77,78)51(83,84)54(89,90)57(95,96)60(101,102)63(107,108)66(115,116)117/h2-5,9-16,23,37-41,118-119H,6-8,17-22,24-31H2,1H3/t37-,38+,39+,40-,41-/m1/s1. The van der Waals surface area contributed by atoms with Gasteiger partial charge in [0.1, 0.15) is 35.9 Å². The molecule has 3 aromatic rings. The minimum Gasteiger partial charge on any atom is -0.497 e. The van der Waals surface area contributed by atoms with Gasteiger partial charge in [0, 0.05) is 39.1 Å². The summed E-state index contributed by atoms with van der Waals surface area (Å²) in [7, 11) is 1.27. The average molecular weight is 2000 g/mol. The maximum absolute atomic E-state index is 15.1. The zero-order chi connectivity index (χ0) is 99.9. The lowest BCUT2D eigenvalue weighted by Crippen LogP contribution is -2.74. The molecule has 1 aliphatic rings. The highest BCUT2D eigenvalue weighted by atomic mass is 19.5. The van der Waals surface area contributed by atoms with Crippen LogP contribution in [0.4, 0.5) is 224 Å². The predicted octanol–water partition coefficient (Wildman–Crippen LogP) is 22.2. The normalized spacial score (nSPS) is 18.8. The van der Waals surface area contributed by atoms with Gasteiger partial charge in [-0.1, -0.05) is 54.6 Å². The van der Waals surface area contributed by atoms with E-state index in [0.29, 0.717) is 5.56 Å². The molecule has 744 valence electrons. The van der Waals surface area contributed by atoms with Crippen molar-refractivity contribution in [2.45, 2.75) is 232 Å². The summed E-state index contributed by atoms with van der Waals surface area (Å²) in [4.78, 5) is 0. The monoisotopic (exact) mass is 1990 g/mol. The van der Waals surface area contributed by atoms with Gasteiger partial charge in [0.25, 0.3) is 0 Å². The van der Waals surface area contributed by atoms with Crippen molar-refractivity contribution in [2.24, 2.45) is 5.41 Å². The van der Waals surface area contributed by atoms with Gasteiger partial charge in [0.2, 0.25) is 6.29 Å². The van der Waals surface area contributed by atoms with Crippen LogP contribution in [0.3, 0.4) is 0 Å². The number of aliphatic hydroxyl groups excluding tert-OH is 2. The van der Waals surface area contributed by atoms with Gasteiger partial charge >= 0.3 is 143 Å². The van der Waals surface area contributed by atoms with Crippen molar-refractivity contribution >= 4 is 0 Å². The van der Waals surface area contributed by atoms with Crippen molar-refractivity contribution in [3.05, 3.63) is 95.6 Å². The van der Waals surface area contributed by atoms with E-state index in [4.69, 9.17) is 42.6 Å². The van der Waals surface area contributed by atoms with E-state index in [-0.39, 0.29) is 29.2 Å². The Morgan fingerprint density at radius 1 is 0.297 bits per heavy atom. The molecule has 1 fully saturated rings. The summed E-state index contributed by atoms with van der Waals surface area (Å²) in [6.45, 7) is -18.0. The highest BCUT2D eigenvalue weighted by Crippen LogP contribution is 2.69. The minimum atomic E-state index is -9.21. The van der Waals surface area contributed by atoms with Crippen LogP contribution in [0.5, 0.6) is 11.5 Å². The first-order chi connectivity index (χ1) is 57.1. The number of ether oxygens (including phenoxy) is 9. The summed E-state index contributed by atoms with van der Waals surface area (Å²) in [6, 6.07) is 17.0. The Bertz CT molecular complexity index is 3760. The molecule has 128 heavy (non-hydrogen) atoms. The Labute approximate surface area is 680 Å². The molecule has 1 saturated heterocycles. The first-order valence-corrected chi connectivity index (χ1v) is 34.2. The molecule has 0 amide bonds. The SMILES string of the molecule is COc1ccc(O[C@@H]2O[C@H](CO)[C@H](O)[C@H](OCc3cccc(COCC(COCCCC(F)(F)C(F)(F)C(F)(F)C(F)(F)C(F)(F)C(F)(F)C(F)(F)C(F)(F)F)(COCCCC(F)(F)C(F)(F)C(F)(F)C(F)(F)C(F)(F)C(F)(F)C(F)(F)C(F)(F)F)COCCCC(F)(F)C(F)(F)C(F)(F)C(F)(F)C(F)(F)C(F)(F)C(F)(F)C(F)(F)F)c3)[C@H]2OCc2ccccc2)cc1. The summed E-state index contributed by atoms with van der Waals surface area (Å²) in [6.07, 6.45) is -50.8. The van der Waals surface area contributed by atoms with E-state index in [1.165, 1.54) is 55.6 Å². The van der Waals surface area contributed by atoms with Crippen LogP contribution in [-0.4, -0.2) is 244 Å². The van der Waals surface area contributed by atoms with Crippen molar-refractivity contribution in [1.29, 1.82) is 0 Å². The highest BCUT2D eigenvalue weighted by Gasteiger charge is 2.99. The number of methoxy groups -OCH3 is 1. The number of alkyl halides is 51. The number of benzene rings is 3. The fourth-order valence-electron chi connectivity index (χ4n) is 10.8. The lowest BCUT2D eigenvalue weighted by atomic mass is 9.88. The first-order valence-electron chi connectivity index (χ1n) is 34.2. The molecule has 0 saturated carbocycles. The second kappa shape index (κ2) is 38.0. The van der Waals surface area contributed by atoms with E-state index in [1.54, 1.807) is 6.07 Å². The van der Waals surface area contributed by atoms with E-state index in [9.17, 15) is 208 Å². The van der Waals surface area contributed by atoms with Gasteiger partial charge in [-0.05, 0) is 60.2 Å². The molecule has 3 aromatic carbocycles. The molecule has 0 aromatic heterocycles. The number of rotatable bonds is 50. The van der Waals surface area contributed by atoms with Crippen molar-refractivity contribution in [3.63, 3.8) is 0 Å². The second-order valence-corrected chi connectivity index (χ2v) is 27.8. The smallest absolute Gasteiger partial charge is 0.460 e. The quantitative estimate of drug-likeness (QED) is 0.0415. The lowest BCUT2D eigenvalue weighted by molar-refractivity contribution is -0.461. The van der Waals surface area contributed by atoms with Crippen LogP contribution in [0.1, 0.15) is 55.2 Å². The Kier molecular flexibility index (Phi) is 33.7. The molecule has 4 rings (SSSR count). The molecule has 0 bridgehead atoms. The van der Waals surface area contributed by atoms with Gasteiger partial charge in [-0.3, -0.25) is 0 Å². The van der Waals surface area contributed by atoms with Crippen LogP contribution in [0, 0.1) is 5.41 Å². The van der Waals surface area contributed by atoms with Gasteiger partial charge in [-0.15, -0.1) is 0 Å². The third-order valence-corrected chi connectivity index (χ3v) is 18.4. The lowest BCUT2D eigenvalue weighted by Gasteiger charge is -2.43. The molecule has 62 heteroatoms. The molecule has 5 atom stereocenters. The molecular formula is C66H57F51O11. The fourth-order valence-corrected chi connectivity index (χ4v) is 10.8. The van der Waals surface area contributed by atoms with Gasteiger partial charge < -0.3 is 52.8 Å². The summed E-state index contributed by atoms with van der Waals surface area (Å²) in [5.74, 6) is -182. The van der Waals surface area contributed by atoms with E-state index in [2.05, 4.69) is 0 Å². The van der Waals surface area contributed by atoms with Crippen molar-refractivity contribution in [3.8, 4) is 11.5 Å².